The summed E-state index contributed by atoms with van der Waals surface area (Å²) in [6, 6.07) is 7.61. The summed E-state index contributed by atoms with van der Waals surface area (Å²) in [4.78, 5) is 24.2. The number of carbonyl (C=O) groups excluding carboxylic acids is 2. The van der Waals surface area contributed by atoms with E-state index in [0.717, 1.165) is 49.7 Å². The fourth-order valence-corrected chi connectivity index (χ4v) is 3.38. The number of ether oxygens (including phenoxy) is 2. The summed E-state index contributed by atoms with van der Waals surface area (Å²) in [5.41, 5.74) is 1.69. The third kappa shape index (κ3) is 8.66. The molecule has 1 rings (SSSR count). The van der Waals surface area contributed by atoms with Gasteiger partial charge in [-0.3, -0.25) is 4.79 Å². The molecule has 30 heavy (non-hydrogen) atoms. The van der Waals surface area contributed by atoms with Crippen LogP contribution in [0.3, 0.4) is 0 Å². The van der Waals surface area contributed by atoms with Crippen LogP contribution in [-0.2, 0) is 20.9 Å². The molecule has 0 radical (unpaired) electrons. The van der Waals surface area contributed by atoms with Crippen LogP contribution in [0.5, 0.6) is 5.75 Å². The highest BCUT2D eigenvalue weighted by atomic mass is 16.5. The van der Waals surface area contributed by atoms with Gasteiger partial charge in [-0.25, -0.2) is 0 Å². The van der Waals surface area contributed by atoms with E-state index in [4.69, 9.17) is 9.47 Å². The smallest absolute Gasteiger partial charge is 0.164 e. The Bertz CT molecular complexity index is 689. The van der Waals surface area contributed by atoms with Gasteiger partial charge in [0.15, 0.2) is 5.78 Å². The minimum Gasteiger partial charge on any atom is -0.497 e. The van der Waals surface area contributed by atoms with Crippen LogP contribution >= 0.6 is 0 Å². The van der Waals surface area contributed by atoms with E-state index < -0.39 is 5.41 Å². The monoisotopic (exact) mass is 414 g/mol. The molecule has 0 heterocycles. The molecule has 0 aliphatic carbocycles. The predicted molar refractivity (Wildman–Crippen MR) is 123 cm³/mol. The van der Waals surface area contributed by atoms with Crippen molar-refractivity contribution in [2.75, 3.05) is 13.7 Å². The molecule has 0 aromatic heterocycles. The third-order valence-electron chi connectivity index (χ3n) is 5.98. The van der Waals surface area contributed by atoms with Gasteiger partial charge in [-0.05, 0) is 62.6 Å². The third-order valence-corrected chi connectivity index (χ3v) is 5.98. The van der Waals surface area contributed by atoms with Gasteiger partial charge in [-0.1, -0.05) is 43.7 Å². The number of allylic oxidation sites excluding steroid dienone is 3. The van der Waals surface area contributed by atoms with Gasteiger partial charge in [0.2, 0.25) is 0 Å². The molecular formula is C26H38O4. The van der Waals surface area contributed by atoms with Gasteiger partial charge in [0.05, 0.1) is 13.7 Å². The molecule has 0 fully saturated rings. The van der Waals surface area contributed by atoms with Crippen molar-refractivity contribution in [2.45, 2.75) is 65.9 Å². The molecule has 0 N–H and O–H groups in total. The number of hydrogen-bond acceptors (Lipinski definition) is 4. The summed E-state index contributed by atoms with van der Waals surface area (Å²) >= 11 is 0. The molecule has 0 saturated heterocycles. The van der Waals surface area contributed by atoms with Crippen LogP contribution in [0.1, 0.15) is 64.9 Å². The SMILES string of the molecule is C=CCCC/C=C(\C)CC[C@](C)(C(=O)COCc1ccc(OC)cc1)[C@H](C)CC=O. The number of carbonyl (C=O) groups is 2. The Labute approximate surface area is 182 Å². The largest absolute Gasteiger partial charge is 0.497 e. The molecule has 0 aliphatic heterocycles. The Morgan fingerprint density at radius 1 is 1.23 bits per heavy atom. The van der Waals surface area contributed by atoms with Crippen molar-refractivity contribution in [1.82, 2.24) is 0 Å². The summed E-state index contributed by atoms with van der Waals surface area (Å²) in [6.45, 7) is 10.2. The number of rotatable bonds is 16. The van der Waals surface area contributed by atoms with Gasteiger partial charge in [-0.2, -0.15) is 0 Å². The fourth-order valence-electron chi connectivity index (χ4n) is 3.38. The van der Waals surface area contributed by atoms with Gasteiger partial charge in [-0.15, -0.1) is 6.58 Å². The van der Waals surface area contributed by atoms with E-state index in [0.29, 0.717) is 13.0 Å². The lowest BCUT2D eigenvalue weighted by molar-refractivity contribution is -0.136. The zero-order chi connectivity index (χ0) is 22.4. The molecule has 0 spiro atoms. The maximum atomic E-state index is 13.1. The van der Waals surface area contributed by atoms with Crippen molar-refractivity contribution in [2.24, 2.45) is 11.3 Å². The zero-order valence-electron chi connectivity index (χ0n) is 19.1. The van der Waals surface area contributed by atoms with Gasteiger partial charge in [0.25, 0.3) is 0 Å². The van der Waals surface area contributed by atoms with Crippen molar-refractivity contribution in [3.05, 3.63) is 54.1 Å². The maximum absolute atomic E-state index is 13.1. The first kappa shape index (κ1) is 25.8. The standard InChI is InChI=1S/C26H38O4/c1-6-7-8-9-10-21(2)15-17-26(4,22(3)16-18-27)25(28)20-30-19-23-11-13-24(29-5)14-12-23/h6,10-14,18,22H,1,7-9,15-17,19-20H2,2-5H3/b21-10+/t22-,26+/m1/s1. The fraction of sp³-hybridized carbons (Fsp3) is 0.538. The second-order valence-electron chi connectivity index (χ2n) is 8.25. The first-order chi connectivity index (χ1) is 14.4. The molecule has 0 saturated carbocycles. The van der Waals surface area contributed by atoms with E-state index in [9.17, 15) is 9.59 Å². The maximum Gasteiger partial charge on any atom is 0.164 e. The van der Waals surface area contributed by atoms with Crippen molar-refractivity contribution >= 4 is 12.1 Å². The number of ketones is 1. The van der Waals surface area contributed by atoms with Crippen molar-refractivity contribution in [1.29, 1.82) is 0 Å². The Balaban J connectivity index is 2.68. The van der Waals surface area contributed by atoms with Crippen LogP contribution in [0.15, 0.2) is 48.6 Å². The van der Waals surface area contributed by atoms with Crippen molar-refractivity contribution < 1.29 is 19.1 Å². The molecule has 4 nitrogen and oxygen atoms in total. The lowest BCUT2D eigenvalue weighted by Crippen LogP contribution is -2.37. The van der Waals surface area contributed by atoms with Crippen LogP contribution in [0, 0.1) is 11.3 Å². The number of Topliss-reactive ketones (excluding diaryl/α,β-unsaturated/α-hetero) is 1. The normalized spacial score (nSPS) is 14.6. The summed E-state index contributed by atoms with van der Waals surface area (Å²) in [5.74, 6) is 0.823. The number of unbranched alkanes of at least 4 members (excludes halogenated alkanes) is 2. The van der Waals surface area contributed by atoms with Gasteiger partial charge >= 0.3 is 0 Å². The first-order valence-electron chi connectivity index (χ1n) is 10.8. The molecule has 2 atom stereocenters. The minimum atomic E-state index is -0.586. The average Bonchev–Trinajstić information content (AvgIpc) is 2.75. The van der Waals surface area contributed by atoms with Gasteiger partial charge < -0.3 is 14.3 Å². The Morgan fingerprint density at radius 3 is 2.53 bits per heavy atom. The van der Waals surface area contributed by atoms with Crippen LogP contribution in [0.4, 0.5) is 0 Å². The van der Waals surface area contributed by atoms with Crippen LogP contribution in [0.25, 0.3) is 0 Å². The quantitative estimate of drug-likeness (QED) is 0.186. The second kappa shape index (κ2) is 13.9. The van der Waals surface area contributed by atoms with Gasteiger partial charge in [0, 0.05) is 11.8 Å². The van der Waals surface area contributed by atoms with Crippen LogP contribution < -0.4 is 4.74 Å². The molecule has 0 amide bonds. The molecule has 1 aromatic carbocycles. The molecule has 0 unspecified atom stereocenters. The van der Waals surface area contributed by atoms with E-state index in [1.807, 2.05) is 44.2 Å². The molecule has 0 aliphatic rings. The highest BCUT2D eigenvalue weighted by molar-refractivity contribution is 5.86. The van der Waals surface area contributed by atoms with Gasteiger partial charge in [0.1, 0.15) is 18.6 Å². The minimum absolute atomic E-state index is 0.0272. The first-order valence-corrected chi connectivity index (χ1v) is 10.8. The van der Waals surface area contributed by atoms with Crippen LogP contribution in [-0.4, -0.2) is 25.8 Å². The summed E-state index contributed by atoms with van der Waals surface area (Å²) in [6.07, 6.45) is 10.2. The molecular weight excluding hydrogens is 376 g/mol. The Kier molecular flexibility index (Phi) is 12.0. The highest BCUT2D eigenvalue weighted by Crippen LogP contribution is 2.37. The lowest BCUT2D eigenvalue weighted by Gasteiger charge is -2.34. The molecule has 0 bridgehead atoms. The molecule has 4 heteroatoms. The van der Waals surface area contributed by atoms with E-state index in [-0.39, 0.29) is 18.3 Å². The van der Waals surface area contributed by atoms with Crippen molar-refractivity contribution in [3.8, 4) is 5.75 Å². The average molecular weight is 415 g/mol. The predicted octanol–water partition coefficient (Wildman–Crippen LogP) is 6.10. The Hall–Kier alpha value is -2.20. The highest BCUT2D eigenvalue weighted by Gasteiger charge is 2.37. The number of hydrogen-bond donors (Lipinski definition) is 0. The zero-order valence-corrected chi connectivity index (χ0v) is 19.1. The summed E-state index contributed by atoms with van der Waals surface area (Å²) in [5, 5.41) is 0. The van der Waals surface area contributed by atoms with E-state index in [2.05, 4.69) is 19.6 Å². The number of methoxy groups -OCH3 is 1. The number of aldehydes is 1. The molecule has 1 aromatic rings. The topological polar surface area (TPSA) is 52.6 Å². The lowest BCUT2D eigenvalue weighted by atomic mass is 9.70. The number of benzene rings is 1. The summed E-state index contributed by atoms with van der Waals surface area (Å²) in [7, 11) is 1.63. The van der Waals surface area contributed by atoms with E-state index in [1.165, 1.54) is 5.57 Å². The molecule has 166 valence electrons. The Morgan fingerprint density at radius 2 is 1.93 bits per heavy atom. The second-order valence-corrected chi connectivity index (χ2v) is 8.25. The van der Waals surface area contributed by atoms with Crippen LogP contribution in [0.2, 0.25) is 0 Å². The van der Waals surface area contributed by atoms with E-state index in [1.54, 1.807) is 7.11 Å². The van der Waals surface area contributed by atoms with E-state index >= 15 is 0 Å². The van der Waals surface area contributed by atoms with Crippen molar-refractivity contribution in [3.63, 3.8) is 0 Å². The summed E-state index contributed by atoms with van der Waals surface area (Å²) < 4.78 is 10.9.